The first-order chi connectivity index (χ1) is 6.05. The Kier molecular flexibility index (Phi) is 1.77. The van der Waals surface area contributed by atoms with Gasteiger partial charge in [0, 0.05) is 18.6 Å². The van der Waals surface area contributed by atoms with Gasteiger partial charge in [-0.25, -0.2) is 4.79 Å². The molecule has 0 aromatic rings. The van der Waals surface area contributed by atoms with Crippen LogP contribution in [0, 0.1) is 0 Å². The number of piperazine rings is 1. The molecule has 2 fully saturated rings. The molecule has 3 unspecified atom stereocenters. The fourth-order valence-electron chi connectivity index (χ4n) is 2.65. The average Bonchev–Trinajstić information content (AvgIpc) is 2.32. The molecule has 0 spiro atoms. The van der Waals surface area contributed by atoms with E-state index in [1.807, 2.05) is 6.92 Å². The van der Waals surface area contributed by atoms with Gasteiger partial charge in [-0.15, -0.1) is 0 Å². The minimum Gasteiger partial charge on any atom is -0.465 e. The Balaban J connectivity index is 2.32. The molecule has 0 radical (unpaired) electrons. The molecule has 0 aromatic heterocycles. The molecular formula is C9H16N2O2. The molecule has 2 N–H and O–H groups in total. The van der Waals surface area contributed by atoms with Crippen molar-refractivity contribution in [1.82, 2.24) is 10.2 Å². The summed E-state index contributed by atoms with van der Waals surface area (Å²) in [4.78, 5) is 12.7. The Labute approximate surface area is 77.9 Å². The second-order valence-electron chi connectivity index (χ2n) is 4.33. The van der Waals surface area contributed by atoms with E-state index >= 15 is 0 Å². The maximum atomic E-state index is 11.1. The predicted octanol–water partition coefficient (Wildman–Crippen LogP) is 0.879. The van der Waals surface area contributed by atoms with Gasteiger partial charge >= 0.3 is 6.09 Å². The third kappa shape index (κ3) is 1.05. The molecule has 4 heteroatoms. The van der Waals surface area contributed by atoms with Gasteiger partial charge in [0.2, 0.25) is 0 Å². The van der Waals surface area contributed by atoms with E-state index in [1.165, 1.54) is 0 Å². The number of nitrogens with one attached hydrogen (secondary N) is 1. The van der Waals surface area contributed by atoms with Gasteiger partial charge in [0.05, 0.1) is 5.54 Å². The van der Waals surface area contributed by atoms with Crippen molar-refractivity contribution in [1.29, 1.82) is 0 Å². The minimum absolute atomic E-state index is 0.186. The van der Waals surface area contributed by atoms with Crippen LogP contribution in [0.25, 0.3) is 0 Å². The van der Waals surface area contributed by atoms with Crippen molar-refractivity contribution in [3.8, 4) is 0 Å². The summed E-state index contributed by atoms with van der Waals surface area (Å²) in [6.45, 7) is 4.92. The number of hydrogen-bond donors (Lipinski definition) is 2. The number of carboxylic acid groups (broad SMARTS) is 1. The first-order valence-corrected chi connectivity index (χ1v) is 4.81. The largest absolute Gasteiger partial charge is 0.465 e. The minimum atomic E-state index is -0.765. The fourth-order valence-corrected chi connectivity index (χ4v) is 2.65. The van der Waals surface area contributed by atoms with E-state index < -0.39 is 6.09 Å². The van der Waals surface area contributed by atoms with Crippen molar-refractivity contribution in [3.63, 3.8) is 0 Å². The molecular weight excluding hydrogens is 168 g/mol. The van der Waals surface area contributed by atoms with Gasteiger partial charge in [-0.2, -0.15) is 0 Å². The zero-order valence-corrected chi connectivity index (χ0v) is 8.08. The molecule has 74 valence electrons. The van der Waals surface area contributed by atoms with Crippen molar-refractivity contribution in [2.24, 2.45) is 0 Å². The Morgan fingerprint density at radius 1 is 1.69 bits per heavy atom. The number of fused-ring (bicyclic) bond motifs is 2. The summed E-state index contributed by atoms with van der Waals surface area (Å²) in [5.41, 5.74) is -0.186. The number of nitrogens with zero attached hydrogens (tertiary/aromatic N) is 1. The van der Waals surface area contributed by atoms with Crippen molar-refractivity contribution in [3.05, 3.63) is 0 Å². The Morgan fingerprint density at radius 3 is 2.92 bits per heavy atom. The van der Waals surface area contributed by atoms with Crippen LogP contribution in [0.4, 0.5) is 4.79 Å². The van der Waals surface area contributed by atoms with Gasteiger partial charge in [0.25, 0.3) is 0 Å². The Hall–Kier alpha value is -0.770. The maximum Gasteiger partial charge on any atom is 0.408 e. The lowest BCUT2D eigenvalue weighted by Gasteiger charge is -2.45. The molecule has 1 amide bonds. The third-order valence-corrected chi connectivity index (χ3v) is 3.70. The zero-order chi connectivity index (χ0) is 9.64. The molecule has 2 rings (SSSR count). The van der Waals surface area contributed by atoms with Gasteiger partial charge in [-0.1, -0.05) is 0 Å². The molecule has 0 aromatic carbocycles. The van der Waals surface area contributed by atoms with E-state index in [9.17, 15) is 4.79 Å². The van der Waals surface area contributed by atoms with Crippen LogP contribution >= 0.6 is 0 Å². The summed E-state index contributed by atoms with van der Waals surface area (Å²) in [6.07, 6.45) is 1.22. The van der Waals surface area contributed by atoms with Crippen molar-refractivity contribution < 1.29 is 9.90 Å². The summed E-state index contributed by atoms with van der Waals surface area (Å²) < 4.78 is 0. The van der Waals surface area contributed by atoms with Crippen molar-refractivity contribution >= 4 is 6.09 Å². The molecule has 2 aliphatic heterocycles. The summed E-state index contributed by atoms with van der Waals surface area (Å²) in [7, 11) is 0. The molecule has 13 heavy (non-hydrogen) atoms. The highest BCUT2D eigenvalue weighted by molar-refractivity contribution is 5.67. The lowest BCUT2D eigenvalue weighted by atomic mass is 9.90. The fraction of sp³-hybridized carbons (Fsp3) is 0.889. The van der Waals surface area contributed by atoms with E-state index in [-0.39, 0.29) is 17.6 Å². The summed E-state index contributed by atoms with van der Waals surface area (Å²) in [5.74, 6) is 0. The summed E-state index contributed by atoms with van der Waals surface area (Å²) in [6, 6.07) is 0.459. The number of rotatable bonds is 0. The third-order valence-electron chi connectivity index (χ3n) is 3.70. The zero-order valence-electron chi connectivity index (χ0n) is 8.08. The molecule has 3 atom stereocenters. The molecule has 2 saturated heterocycles. The monoisotopic (exact) mass is 184 g/mol. The lowest BCUT2D eigenvalue weighted by molar-refractivity contribution is 0.0480. The molecule has 0 aliphatic carbocycles. The molecule has 4 nitrogen and oxygen atoms in total. The van der Waals surface area contributed by atoms with Gasteiger partial charge in [-0.3, -0.25) is 4.90 Å². The molecule has 2 aliphatic rings. The van der Waals surface area contributed by atoms with E-state index in [0.717, 1.165) is 19.4 Å². The van der Waals surface area contributed by atoms with Crippen LogP contribution < -0.4 is 5.32 Å². The Bertz CT molecular complexity index is 242. The van der Waals surface area contributed by atoms with Crippen LogP contribution in [0.2, 0.25) is 0 Å². The van der Waals surface area contributed by atoms with Gasteiger partial charge in [0.1, 0.15) is 0 Å². The molecule has 2 bridgehead atoms. The van der Waals surface area contributed by atoms with E-state index in [1.54, 1.807) is 4.90 Å². The maximum absolute atomic E-state index is 11.1. The first-order valence-electron chi connectivity index (χ1n) is 4.81. The van der Waals surface area contributed by atoms with Crippen molar-refractivity contribution in [2.45, 2.75) is 44.3 Å². The van der Waals surface area contributed by atoms with Crippen LogP contribution in [-0.4, -0.2) is 40.3 Å². The van der Waals surface area contributed by atoms with E-state index in [4.69, 9.17) is 5.11 Å². The smallest absolute Gasteiger partial charge is 0.408 e. The number of hydrogen-bond acceptors (Lipinski definition) is 2. The lowest BCUT2D eigenvalue weighted by Crippen LogP contribution is -2.65. The summed E-state index contributed by atoms with van der Waals surface area (Å²) >= 11 is 0. The molecule has 0 saturated carbocycles. The van der Waals surface area contributed by atoms with Crippen LogP contribution in [0.1, 0.15) is 26.7 Å². The second kappa shape index (κ2) is 2.61. The standard InChI is InChI=1S/C9H16N2O2/c1-6-9(2)4-3-7(5-10-6)11(9)8(12)13/h6-7,10H,3-5H2,1-2H3,(H,12,13). The number of carbonyl (C=O) groups is 1. The van der Waals surface area contributed by atoms with E-state index in [0.29, 0.717) is 0 Å². The van der Waals surface area contributed by atoms with Crippen LogP contribution in [0.5, 0.6) is 0 Å². The van der Waals surface area contributed by atoms with Crippen LogP contribution in [-0.2, 0) is 0 Å². The van der Waals surface area contributed by atoms with Gasteiger partial charge in [-0.05, 0) is 26.7 Å². The highest BCUT2D eigenvalue weighted by Gasteiger charge is 2.51. The van der Waals surface area contributed by atoms with Crippen LogP contribution in [0.3, 0.4) is 0 Å². The van der Waals surface area contributed by atoms with Gasteiger partial charge in [0.15, 0.2) is 0 Å². The highest BCUT2D eigenvalue weighted by Crippen LogP contribution is 2.38. The average molecular weight is 184 g/mol. The second-order valence-corrected chi connectivity index (χ2v) is 4.33. The van der Waals surface area contributed by atoms with Crippen molar-refractivity contribution in [2.75, 3.05) is 6.54 Å². The molecule has 2 heterocycles. The predicted molar refractivity (Wildman–Crippen MR) is 48.8 cm³/mol. The summed E-state index contributed by atoms with van der Waals surface area (Å²) in [5, 5.41) is 12.5. The SMILES string of the molecule is CC1NCC2CCC1(C)N2C(=O)O. The van der Waals surface area contributed by atoms with Crippen LogP contribution in [0.15, 0.2) is 0 Å². The Morgan fingerprint density at radius 2 is 2.38 bits per heavy atom. The van der Waals surface area contributed by atoms with Gasteiger partial charge < -0.3 is 10.4 Å². The number of amides is 1. The first kappa shape index (κ1) is 8.81. The highest BCUT2D eigenvalue weighted by atomic mass is 16.4. The topological polar surface area (TPSA) is 52.6 Å². The van der Waals surface area contributed by atoms with E-state index in [2.05, 4.69) is 12.2 Å². The quantitative estimate of drug-likeness (QED) is 0.587. The normalized spacial score (nSPS) is 43.7.